The number of nitro benzene ring substituents is 1. The summed E-state index contributed by atoms with van der Waals surface area (Å²) in [7, 11) is 0. The minimum absolute atomic E-state index is 0.0726. The highest BCUT2D eigenvalue weighted by Crippen LogP contribution is 2.20. The van der Waals surface area contributed by atoms with Gasteiger partial charge in [0.25, 0.3) is 11.6 Å². The number of rotatable bonds is 9. The average molecular weight is 439 g/mol. The maximum Gasteiger partial charge on any atom is 0.316 e. The number of non-ortho nitro benzene ring substituents is 1. The molecule has 2 amide bonds. The number of amides is 2. The largest absolute Gasteiger partial charge is 0.484 e. The maximum atomic E-state index is 12.1. The zero-order valence-corrected chi connectivity index (χ0v) is 17.5. The molecule has 3 rings (SSSR count). The van der Waals surface area contributed by atoms with Crippen LogP contribution in [0.15, 0.2) is 47.0 Å². The lowest BCUT2D eigenvalue weighted by molar-refractivity contribution is -0.384. The first kappa shape index (κ1) is 22.4. The van der Waals surface area contributed by atoms with Crippen LogP contribution in [-0.2, 0) is 4.79 Å². The molecule has 3 aromatic rings. The van der Waals surface area contributed by atoms with E-state index in [1.54, 1.807) is 6.07 Å². The van der Waals surface area contributed by atoms with E-state index in [4.69, 9.17) is 9.26 Å². The Morgan fingerprint density at radius 3 is 2.47 bits per heavy atom. The molecule has 0 aliphatic carbocycles. The van der Waals surface area contributed by atoms with Crippen molar-refractivity contribution in [1.29, 1.82) is 0 Å². The number of nitrogens with one attached hydrogen (secondary N) is 2. The maximum absolute atomic E-state index is 12.1. The molecule has 0 atom stereocenters. The van der Waals surface area contributed by atoms with E-state index in [9.17, 15) is 19.7 Å². The van der Waals surface area contributed by atoms with E-state index < -0.39 is 10.8 Å². The number of hydrogen-bond acceptors (Lipinski definition) is 8. The molecule has 0 aliphatic rings. The van der Waals surface area contributed by atoms with Gasteiger partial charge >= 0.3 is 11.8 Å². The van der Waals surface area contributed by atoms with Crippen LogP contribution < -0.4 is 15.4 Å². The second kappa shape index (κ2) is 10.2. The van der Waals surface area contributed by atoms with Crippen LogP contribution >= 0.6 is 0 Å². The van der Waals surface area contributed by atoms with Crippen molar-refractivity contribution in [2.24, 2.45) is 0 Å². The van der Waals surface area contributed by atoms with Crippen LogP contribution in [0, 0.1) is 24.0 Å². The third kappa shape index (κ3) is 5.88. The molecule has 0 saturated carbocycles. The summed E-state index contributed by atoms with van der Waals surface area (Å²) in [6.07, 6.45) is 0. The number of nitro groups is 1. The summed E-state index contributed by atoms with van der Waals surface area (Å²) in [5, 5.41) is 19.6. The van der Waals surface area contributed by atoms with Crippen LogP contribution in [0.25, 0.3) is 11.4 Å². The Morgan fingerprint density at radius 1 is 1.06 bits per heavy atom. The first-order chi connectivity index (χ1) is 15.3. The van der Waals surface area contributed by atoms with Crippen molar-refractivity contribution >= 4 is 17.5 Å². The number of aryl methyl sites for hydroxylation is 2. The van der Waals surface area contributed by atoms with E-state index in [0.717, 1.165) is 11.1 Å². The molecular formula is C21H21N5O6. The average Bonchev–Trinajstić information content (AvgIpc) is 3.28. The summed E-state index contributed by atoms with van der Waals surface area (Å²) < 4.78 is 10.4. The number of hydrogen-bond donors (Lipinski definition) is 2. The Morgan fingerprint density at radius 2 is 1.78 bits per heavy atom. The minimum atomic E-state index is -0.605. The van der Waals surface area contributed by atoms with Crippen molar-refractivity contribution in [3.05, 3.63) is 69.6 Å². The molecule has 11 heteroatoms. The third-order valence-electron chi connectivity index (χ3n) is 4.54. The van der Waals surface area contributed by atoms with Crippen molar-refractivity contribution < 1.29 is 23.8 Å². The highest BCUT2D eigenvalue weighted by atomic mass is 16.6. The lowest BCUT2D eigenvalue weighted by Gasteiger charge is -2.09. The summed E-state index contributed by atoms with van der Waals surface area (Å²) >= 11 is 0. The molecule has 1 aromatic heterocycles. The number of carbonyl (C=O) groups is 2. The van der Waals surface area contributed by atoms with Gasteiger partial charge in [-0.2, -0.15) is 4.98 Å². The van der Waals surface area contributed by atoms with Gasteiger partial charge in [0.2, 0.25) is 5.82 Å². The fourth-order valence-electron chi connectivity index (χ4n) is 2.62. The summed E-state index contributed by atoms with van der Waals surface area (Å²) in [5.41, 5.74) is 2.60. The van der Waals surface area contributed by atoms with Crippen molar-refractivity contribution in [3.63, 3.8) is 0 Å². The Bertz CT molecular complexity index is 1130. The summed E-state index contributed by atoms with van der Waals surface area (Å²) in [4.78, 5) is 38.2. The van der Waals surface area contributed by atoms with Gasteiger partial charge < -0.3 is 19.9 Å². The topological polar surface area (TPSA) is 149 Å². The highest BCUT2D eigenvalue weighted by Gasteiger charge is 2.16. The molecule has 32 heavy (non-hydrogen) atoms. The minimum Gasteiger partial charge on any atom is -0.484 e. The molecule has 0 fully saturated rings. The van der Waals surface area contributed by atoms with Gasteiger partial charge in [-0.25, -0.2) is 0 Å². The van der Waals surface area contributed by atoms with Gasteiger partial charge in [-0.15, -0.1) is 0 Å². The van der Waals surface area contributed by atoms with Gasteiger partial charge in [-0.05, 0) is 49.2 Å². The van der Waals surface area contributed by atoms with Crippen molar-refractivity contribution in [2.45, 2.75) is 13.8 Å². The van der Waals surface area contributed by atoms with Crippen molar-refractivity contribution in [2.75, 3.05) is 19.7 Å². The lowest BCUT2D eigenvalue weighted by Crippen LogP contribution is -2.36. The normalized spacial score (nSPS) is 10.4. The van der Waals surface area contributed by atoms with Gasteiger partial charge in [-0.1, -0.05) is 11.2 Å². The molecule has 2 aromatic carbocycles. The number of benzene rings is 2. The van der Waals surface area contributed by atoms with Crippen LogP contribution in [0.1, 0.15) is 21.8 Å². The van der Waals surface area contributed by atoms with E-state index in [1.807, 2.05) is 26.0 Å². The summed E-state index contributed by atoms with van der Waals surface area (Å²) in [6, 6.07) is 11.1. The van der Waals surface area contributed by atoms with E-state index in [1.165, 1.54) is 24.3 Å². The quantitative estimate of drug-likeness (QED) is 0.293. The monoisotopic (exact) mass is 439 g/mol. The van der Waals surface area contributed by atoms with Crippen molar-refractivity contribution in [1.82, 2.24) is 20.8 Å². The molecule has 1 heterocycles. The second-order valence-electron chi connectivity index (χ2n) is 6.87. The molecule has 0 spiro atoms. The van der Waals surface area contributed by atoms with E-state index in [-0.39, 0.29) is 43.0 Å². The van der Waals surface area contributed by atoms with Crippen LogP contribution in [0.3, 0.4) is 0 Å². The van der Waals surface area contributed by atoms with E-state index in [0.29, 0.717) is 11.3 Å². The molecule has 0 unspecified atom stereocenters. The lowest BCUT2D eigenvalue weighted by atomic mass is 10.1. The van der Waals surface area contributed by atoms with Crippen LogP contribution in [0.5, 0.6) is 5.75 Å². The number of nitrogens with zero attached hydrogens (tertiary/aromatic N) is 3. The number of ether oxygens (including phenoxy) is 1. The fourth-order valence-corrected chi connectivity index (χ4v) is 2.62. The van der Waals surface area contributed by atoms with E-state index in [2.05, 4.69) is 20.8 Å². The number of carbonyl (C=O) groups excluding carboxylic acids is 2. The smallest absolute Gasteiger partial charge is 0.316 e. The SMILES string of the molecule is Cc1ccc(OCC(=O)NCCNC(=O)c2nc(-c3ccc([N+](=O)[O-])cc3)no2)cc1C. The highest BCUT2D eigenvalue weighted by molar-refractivity contribution is 5.89. The standard InChI is InChI=1S/C21H21N5O6/c1-13-3-8-17(11-14(13)2)31-12-18(27)22-9-10-23-20(28)21-24-19(25-32-21)15-4-6-16(7-5-15)26(29)30/h3-8,11H,9-10,12H2,1-2H3,(H,22,27)(H,23,28). The van der Waals surface area contributed by atoms with Gasteiger partial charge in [0.1, 0.15) is 5.75 Å². The Kier molecular flexibility index (Phi) is 7.11. The predicted molar refractivity (Wildman–Crippen MR) is 113 cm³/mol. The third-order valence-corrected chi connectivity index (χ3v) is 4.54. The van der Waals surface area contributed by atoms with Crippen LogP contribution in [-0.4, -0.2) is 46.6 Å². The van der Waals surface area contributed by atoms with Crippen LogP contribution in [0.4, 0.5) is 5.69 Å². The Balaban J connectivity index is 1.40. The Hall–Kier alpha value is -4.28. The molecule has 0 aliphatic heterocycles. The van der Waals surface area contributed by atoms with Crippen molar-refractivity contribution in [3.8, 4) is 17.1 Å². The van der Waals surface area contributed by atoms with Gasteiger partial charge in [0.05, 0.1) is 4.92 Å². The molecule has 2 N–H and O–H groups in total. The Labute approximate surface area is 182 Å². The first-order valence-corrected chi connectivity index (χ1v) is 9.67. The molecular weight excluding hydrogens is 418 g/mol. The summed E-state index contributed by atoms with van der Waals surface area (Å²) in [6.45, 7) is 4.14. The zero-order valence-electron chi connectivity index (χ0n) is 17.5. The molecule has 0 saturated heterocycles. The van der Waals surface area contributed by atoms with Crippen LogP contribution in [0.2, 0.25) is 0 Å². The number of aromatic nitrogens is 2. The van der Waals surface area contributed by atoms with E-state index >= 15 is 0 Å². The molecule has 11 nitrogen and oxygen atoms in total. The van der Waals surface area contributed by atoms with Gasteiger partial charge in [0.15, 0.2) is 6.61 Å². The molecule has 166 valence electrons. The zero-order chi connectivity index (χ0) is 23.1. The summed E-state index contributed by atoms with van der Waals surface area (Å²) in [5.74, 6) is -0.455. The fraction of sp³-hybridized carbons (Fsp3) is 0.238. The molecule has 0 radical (unpaired) electrons. The predicted octanol–water partition coefficient (Wildman–Crippen LogP) is 2.19. The molecule has 0 bridgehead atoms. The second-order valence-corrected chi connectivity index (χ2v) is 6.87. The first-order valence-electron chi connectivity index (χ1n) is 9.67. The van der Waals surface area contributed by atoms with Gasteiger partial charge in [-0.3, -0.25) is 19.7 Å². The van der Waals surface area contributed by atoms with Gasteiger partial charge in [0, 0.05) is 30.8 Å².